The molecular formula is C20H16ClNO5S2. The van der Waals surface area contributed by atoms with Gasteiger partial charge in [-0.3, -0.25) is 4.79 Å². The Hall–Kier alpha value is -2.55. The molecule has 2 N–H and O–H groups in total. The van der Waals surface area contributed by atoms with Crippen LogP contribution < -0.4 is 10.1 Å². The van der Waals surface area contributed by atoms with Crippen LogP contribution in [-0.4, -0.2) is 26.5 Å². The first-order chi connectivity index (χ1) is 13.8. The van der Waals surface area contributed by atoms with E-state index in [9.17, 15) is 18.3 Å². The van der Waals surface area contributed by atoms with Crippen molar-refractivity contribution >= 4 is 44.4 Å². The Morgan fingerprint density at radius 2 is 1.93 bits per heavy atom. The van der Waals surface area contributed by atoms with E-state index in [1.165, 1.54) is 48.8 Å². The number of halogens is 1. The van der Waals surface area contributed by atoms with Gasteiger partial charge in [0.25, 0.3) is 0 Å². The van der Waals surface area contributed by atoms with Crippen LogP contribution in [0.3, 0.4) is 0 Å². The lowest BCUT2D eigenvalue weighted by Crippen LogP contribution is -2.23. The van der Waals surface area contributed by atoms with Gasteiger partial charge in [-0.25, -0.2) is 8.42 Å². The molecule has 1 atom stereocenters. The summed E-state index contributed by atoms with van der Waals surface area (Å²) in [5.41, 5.74) is 1.06. The molecule has 3 aromatic rings. The number of carbonyl (C=O) groups is 1. The number of hydrogen-bond acceptors (Lipinski definition) is 6. The molecule has 1 unspecified atom stereocenters. The third-order valence-electron chi connectivity index (χ3n) is 4.78. The van der Waals surface area contributed by atoms with Gasteiger partial charge in [-0.1, -0.05) is 17.7 Å². The number of thiophene rings is 1. The molecule has 0 aliphatic carbocycles. The maximum absolute atomic E-state index is 13.1. The van der Waals surface area contributed by atoms with Crippen molar-refractivity contribution in [1.29, 1.82) is 0 Å². The number of benzene rings is 2. The second kappa shape index (κ2) is 7.37. The number of rotatable bonds is 4. The van der Waals surface area contributed by atoms with Crippen molar-refractivity contribution in [3.63, 3.8) is 0 Å². The average Bonchev–Trinajstić information content (AvgIpc) is 3.12. The molecule has 0 saturated carbocycles. The fraction of sp³-hybridized carbons (Fsp3) is 0.150. The van der Waals surface area contributed by atoms with Crippen LogP contribution >= 0.6 is 22.9 Å². The first kappa shape index (κ1) is 19.8. The minimum atomic E-state index is -3.83. The van der Waals surface area contributed by atoms with Gasteiger partial charge in [-0.2, -0.15) is 0 Å². The molecule has 1 aliphatic rings. The zero-order chi connectivity index (χ0) is 20.8. The van der Waals surface area contributed by atoms with Gasteiger partial charge < -0.3 is 15.2 Å². The number of aromatic hydroxyl groups is 1. The van der Waals surface area contributed by atoms with Gasteiger partial charge in [0.15, 0.2) is 11.5 Å². The van der Waals surface area contributed by atoms with Crippen molar-refractivity contribution in [2.75, 3.05) is 12.4 Å². The molecule has 2 heterocycles. The van der Waals surface area contributed by atoms with Crippen LogP contribution in [0.2, 0.25) is 5.02 Å². The van der Waals surface area contributed by atoms with E-state index in [0.717, 1.165) is 10.4 Å². The molecule has 0 bridgehead atoms. The Kier molecular flexibility index (Phi) is 5.02. The molecule has 2 aromatic carbocycles. The van der Waals surface area contributed by atoms with E-state index in [1.54, 1.807) is 17.5 Å². The Balaban J connectivity index is 1.82. The largest absolute Gasteiger partial charge is 0.504 e. The number of phenolic OH excluding ortho intramolecular Hbond substituents is 1. The lowest BCUT2D eigenvalue weighted by Gasteiger charge is -2.24. The summed E-state index contributed by atoms with van der Waals surface area (Å²) in [4.78, 5) is 13.3. The highest BCUT2D eigenvalue weighted by Crippen LogP contribution is 2.46. The Bertz CT molecular complexity index is 1200. The summed E-state index contributed by atoms with van der Waals surface area (Å²) >= 11 is 7.14. The minimum absolute atomic E-state index is 0.00563. The normalized spacial score (nSPS) is 16.2. The van der Waals surface area contributed by atoms with Gasteiger partial charge in [0.2, 0.25) is 15.7 Å². The maximum Gasteiger partial charge on any atom is 0.225 e. The second-order valence-electron chi connectivity index (χ2n) is 6.53. The number of anilines is 1. The van der Waals surface area contributed by atoms with Gasteiger partial charge in [0, 0.05) is 27.6 Å². The number of methoxy groups -OCH3 is 1. The molecule has 0 saturated heterocycles. The van der Waals surface area contributed by atoms with Crippen LogP contribution in [0.15, 0.2) is 57.6 Å². The van der Waals surface area contributed by atoms with E-state index >= 15 is 0 Å². The minimum Gasteiger partial charge on any atom is -0.504 e. The number of fused-ring (bicyclic) bond motifs is 1. The summed E-state index contributed by atoms with van der Waals surface area (Å²) in [6, 6.07) is 10.8. The predicted octanol–water partition coefficient (Wildman–Crippen LogP) is 4.42. The number of ether oxygens (including phenoxy) is 1. The van der Waals surface area contributed by atoms with Crippen LogP contribution in [0.25, 0.3) is 0 Å². The molecule has 4 rings (SSSR count). The second-order valence-corrected chi connectivity index (χ2v) is 9.80. The Labute approximate surface area is 176 Å². The Morgan fingerprint density at radius 3 is 2.62 bits per heavy atom. The molecule has 9 heteroatoms. The van der Waals surface area contributed by atoms with Crippen molar-refractivity contribution in [2.45, 2.75) is 22.1 Å². The smallest absolute Gasteiger partial charge is 0.225 e. The SMILES string of the molecule is COc1cc(C2CC(=O)Nc3c(S(=O)(=O)c4ccc(Cl)cc4)csc32)ccc1O. The fourth-order valence-corrected chi connectivity index (χ4v) is 6.36. The molecule has 0 spiro atoms. The van der Waals surface area contributed by atoms with E-state index in [2.05, 4.69) is 5.32 Å². The number of hydrogen-bond donors (Lipinski definition) is 2. The molecule has 29 heavy (non-hydrogen) atoms. The van der Waals surface area contributed by atoms with E-state index < -0.39 is 9.84 Å². The summed E-state index contributed by atoms with van der Waals surface area (Å²) in [5, 5.41) is 14.6. The third kappa shape index (κ3) is 3.48. The number of sulfone groups is 1. The van der Waals surface area contributed by atoms with Crippen molar-refractivity contribution in [3.8, 4) is 11.5 Å². The van der Waals surface area contributed by atoms with Crippen molar-refractivity contribution in [1.82, 2.24) is 0 Å². The van der Waals surface area contributed by atoms with Gasteiger partial charge in [0.1, 0.15) is 4.90 Å². The maximum atomic E-state index is 13.1. The lowest BCUT2D eigenvalue weighted by molar-refractivity contribution is -0.116. The quantitative estimate of drug-likeness (QED) is 0.615. The summed E-state index contributed by atoms with van der Waals surface area (Å²) < 4.78 is 31.4. The van der Waals surface area contributed by atoms with Crippen LogP contribution in [-0.2, 0) is 14.6 Å². The van der Waals surface area contributed by atoms with Gasteiger partial charge >= 0.3 is 0 Å². The number of carbonyl (C=O) groups excluding carboxylic acids is 1. The van der Waals surface area contributed by atoms with Crippen LogP contribution in [0.4, 0.5) is 5.69 Å². The molecule has 0 fully saturated rings. The fourth-order valence-electron chi connectivity index (χ4n) is 3.32. The number of phenols is 1. The topological polar surface area (TPSA) is 92.7 Å². The standard InChI is InChI=1S/C20H16ClNO5S2/c1-27-16-8-11(2-7-15(16)23)14-9-18(24)22-19-17(10-28-20(14)19)29(25,26)13-5-3-12(21)4-6-13/h2-8,10,14,23H,9H2,1H3,(H,22,24). The molecule has 1 amide bonds. The third-order valence-corrected chi connectivity index (χ3v) is 8.07. The number of nitrogens with one attached hydrogen (secondary N) is 1. The first-order valence-corrected chi connectivity index (χ1v) is 11.3. The summed E-state index contributed by atoms with van der Waals surface area (Å²) in [7, 11) is -2.39. The summed E-state index contributed by atoms with van der Waals surface area (Å²) in [6.45, 7) is 0. The van der Waals surface area contributed by atoms with Gasteiger partial charge in [0.05, 0.1) is 17.7 Å². The van der Waals surface area contributed by atoms with Crippen molar-refractivity contribution in [3.05, 3.63) is 63.3 Å². The van der Waals surface area contributed by atoms with Crippen LogP contribution in [0.5, 0.6) is 11.5 Å². The van der Waals surface area contributed by atoms with E-state index in [4.69, 9.17) is 16.3 Å². The monoisotopic (exact) mass is 449 g/mol. The molecule has 6 nitrogen and oxygen atoms in total. The predicted molar refractivity (Wildman–Crippen MR) is 111 cm³/mol. The highest BCUT2D eigenvalue weighted by molar-refractivity contribution is 7.91. The molecule has 0 radical (unpaired) electrons. The van der Waals surface area contributed by atoms with Crippen LogP contribution in [0, 0.1) is 0 Å². The highest BCUT2D eigenvalue weighted by atomic mass is 35.5. The van der Waals surface area contributed by atoms with Gasteiger partial charge in [-0.15, -0.1) is 11.3 Å². The molecular weight excluding hydrogens is 434 g/mol. The molecule has 1 aliphatic heterocycles. The van der Waals surface area contributed by atoms with Gasteiger partial charge in [-0.05, 0) is 42.0 Å². The summed E-state index contributed by atoms with van der Waals surface area (Å²) in [5.74, 6) is -0.331. The van der Waals surface area contributed by atoms with E-state index in [1.807, 2.05) is 0 Å². The molecule has 1 aromatic heterocycles. The molecule has 150 valence electrons. The van der Waals surface area contributed by atoms with Crippen LogP contribution in [0.1, 0.15) is 22.8 Å². The Morgan fingerprint density at radius 1 is 1.21 bits per heavy atom. The van der Waals surface area contributed by atoms with Crippen molar-refractivity contribution in [2.24, 2.45) is 0 Å². The highest BCUT2D eigenvalue weighted by Gasteiger charge is 2.34. The van der Waals surface area contributed by atoms with E-state index in [-0.39, 0.29) is 33.8 Å². The summed E-state index contributed by atoms with van der Waals surface area (Å²) in [6.07, 6.45) is 0.169. The zero-order valence-corrected chi connectivity index (χ0v) is 17.6. The zero-order valence-electron chi connectivity index (χ0n) is 15.2. The lowest BCUT2D eigenvalue weighted by atomic mass is 9.90. The van der Waals surface area contributed by atoms with E-state index in [0.29, 0.717) is 16.5 Å². The number of amides is 1. The average molecular weight is 450 g/mol. The van der Waals surface area contributed by atoms with Crippen molar-refractivity contribution < 1.29 is 23.1 Å². The first-order valence-electron chi connectivity index (χ1n) is 8.60.